The molecule has 1 saturated heterocycles. The van der Waals surface area contributed by atoms with Crippen LogP contribution in [0.15, 0.2) is 48.5 Å². The first-order chi connectivity index (χ1) is 12.6. The smallest absolute Gasteiger partial charge is 0.253 e. The number of rotatable bonds is 5. The minimum absolute atomic E-state index is 0.0377. The van der Waals surface area contributed by atoms with E-state index in [2.05, 4.69) is 4.90 Å². The van der Waals surface area contributed by atoms with Crippen LogP contribution in [0.2, 0.25) is 5.02 Å². The second kappa shape index (κ2) is 9.01. The quantitative estimate of drug-likeness (QED) is 0.797. The highest BCUT2D eigenvalue weighted by Gasteiger charge is 2.20. The van der Waals surface area contributed by atoms with Gasteiger partial charge < -0.3 is 9.64 Å². The maximum absolute atomic E-state index is 13.0. The first-order valence-electron chi connectivity index (χ1n) is 8.77. The van der Waals surface area contributed by atoms with Crippen LogP contribution in [-0.2, 0) is 0 Å². The number of amides is 1. The standard InChI is InChI=1S/C20H22ClFN2O2/c21-17-4-8-19(9-5-17)26-15-14-23-10-1-11-24(13-12-23)20(25)16-2-6-18(22)7-3-16/h2-9H,1,10-15H2. The van der Waals surface area contributed by atoms with Gasteiger partial charge in [0, 0.05) is 43.3 Å². The molecule has 2 aromatic carbocycles. The zero-order chi connectivity index (χ0) is 18.4. The van der Waals surface area contributed by atoms with Gasteiger partial charge in [-0.2, -0.15) is 0 Å². The molecule has 0 atom stereocenters. The lowest BCUT2D eigenvalue weighted by atomic mass is 10.2. The molecule has 3 rings (SSSR count). The van der Waals surface area contributed by atoms with Crippen LogP contribution in [0.3, 0.4) is 0 Å². The van der Waals surface area contributed by atoms with Gasteiger partial charge in [0.2, 0.25) is 0 Å². The summed E-state index contributed by atoms with van der Waals surface area (Å²) >= 11 is 5.86. The molecular weight excluding hydrogens is 355 g/mol. The second-order valence-electron chi connectivity index (χ2n) is 6.30. The average molecular weight is 377 g/mol. The SMILES string of the molecule is O=C(c1ccc(F)cc1)N1CCCN(CCOc2ccc(Cl)cc2)CC1. The lowest BCUT2D eigenvalue weighted by Crippen LogP contribution is -2.36. The molecule has 4 nitrogen and oxygen atoms in total. The van der Waals surface area contributed by atoms with Gasteiger partial charge in [0.1, 0.15) is 18.2 Å². The number of carbonyl (C=O) groups is 1. The number of nitrogens with zero attached hydrogens (tertiary/aromatic N) is 2. The van der Waals surface area contributed by atoms with Crippen molar-refractivity contribution in [3.8, 4) is 5.75 Å². The molecule has 0 unspecified atom stereocenters. The van der Waals surface area contributed by atoms with E-state index in [9.17, 15) is 9.18 Å². The second-order valence-corrected chi connectivity index (χ2v) is 6.73. The van der Waals surface area contributed by atoms with Crippen molar-refractivity contribution < 1.29 is 13.9 Å². The van der Waals surface area contributed by atoms with Crippen molar-refractivity contribution in [2.45, 2.75) is 6.42 Å². The highest BCUT2D eigenvalue weighted by atomic mass is 35.5. The third kappa shape index (κ3) is 5.19. The van der Waals surface area contributed by atoms with E-state index >= 15 is 0 Å². The van der Waals surface area contributed by atoms with Gasteiger partial charge in [-0.15, -0.1) is 0 Å². The Kier molecular flexibility index (Phi) is 6.47. The van der Waals surface area contributed by atoms with Crippen LogP contribution in [0.5, 0.6) is 5.75 Å². The van der Waals surface area contributed by atoms with Gasteiger partial charge in [0.05, 0.1) is 0 Å². The molecule has 1 amide bonds. The van der Waals surface area contributed by atoms with Crippen molar-refractivity contribution in [2.24, 2.45) is 0 Å². The maximum Gasteiger partial charge on any atom is 0.253 e. The average Bonchev–Trinajstić information content (AvgIpc) is 2.89. The van der Waals surface area contributed by atoms with Crippen molar-refractivity contribution >= 4 is 17.5 Å². The van der Waals surface area contributed by atoms with Gasteiger partial charge in [-0.05, 0) is 55.0 Å². The van der Waals surface area contributed by atoms with E-state index in [0.717, 1.165) is 31.8 Å². The molecule has 0 bridgehead atoms. The molecule has 1 fully saturated rings. The fraction of sp³-hybridized carbons (Fsp3) is 0.350. The summed E-state index contributed by atoms with van der Waals surface area (Å²) in [5.41, 5.74) is 0.533. The zero-order valence-electron chi connectivity index (χ0n) is 14.5. The summed E-state index contributed by atoms with van der Waals surface area (Å²) in [6.07, 6.45) is 0.911. The van der Waals surface area contributed by atoms with E-state index in [-0.39, 0.29) is 11.7 Å². The van der Waals surface area contributed by atoms with E-state index in [0.29, 0.717) is 30.3 Å². The molecular formula is C20H22ClFN2O2. The Balaban J connectivity index is 1.46. The lowest BCUT2D eigenvalue weighted by Gasteiger charge is -2.22. The monoisotopic (exact) mass is 376 g/mol. The zero-order valence-corrected chi connectivity index (χ0v) is 15.3. The Labute approximate surface area is 158 Å². The first kappa shape index (κ1) is 18.7. The first-order valence-corrected chi connectivity index (χ1v) is 9.15. The molecule has 0 radical (unpaired) electrons. The van der Waals surface area contributed by atoms with E-state index in [4.69, 9.17) is 16.3 Å². The molecule has 6 heteroatoms. The Morgan fingerprint density at radius 3 is 2.46 bits per heavy atom. The van der Waals surface area contributed by atoms with Gasteiger partial charge in [0.15, 0.2) is 0 Å². The van der Waals surface area contributed by atoms with Crippen molar-refractivity contribution in [3.05, 3.63) is 64.9 Å². The van der Waals surface area contributed by atoms with Crippen LogP contribution in [0, 0.1) is 5.82 Å². The third-order valence-electron chi connectivity index (χ3n) is 4.46. The van der Waals surface area contributed by atoms with Gasteiger partial charge in [-0.25, -0.2) is 4.39 Å². The maximum atomic E-state index is 13.0. The number of halogens is 2. The molecule has 0 saturated carbocycles. The van der Waals surface area contributed by atoms with Crippen LogP contribution in [0.4, 0.5) is 4.39 Å². The molecule has 1 aliphatic heterocycles. The van der Waals surface area contributed by atoms with E-state index in [1.165, 1.54) is 12.1 Å². The summed E-state index contributed by atoms with van der Waals surface area (Å²) in [7, 11) is 0. The Morgan fingerprint density at radius 1 is 1.00 bits per heavy atom. The molecule has 2 aromatic rings. The number of hydrogen-bond donors (Lipinski definition) is 0. The predicted octanol–water partition coefficient (Wildman–Crippen LogP) is 3.71. The Bertz CT molecular complexity index is 722. The number of benzene rings is 2. The fourth-order valence-electron chi connectivity index (χ4n) is 3.00. The van der Waals surface area contributed by atoms with E-state index in [1.807, 2.05) is 29.2 Å². The molecule has 0 N–H and O–H groups in total. The molecule has 0 aliphatic carbocycles. The Morgan fingerprint density at radius 2 is 1.73 bits per heavy atom. The summed E-state index contributed by atoms with van der Waals surface area (Å²) < 4.78 is 18.8. The fourth-order valence-corrected chi connectivity index (χ4v) is 3.12. The molecule has 1 aliphatic rings. The summed E-state index contributed by atoms with van der Waals surface area (Å²) in [5.74, 6) is 0.436. The minimum Gasteiger partial charge on any atom is -0.492 e. The largest absolute Gasteiger partial charge is 0.492 e. The molecule has 0 spiro atoms. The van der Waals surface area contributed by atoms with Crippen molar-refractivity contribution in [1.82, 2.24) is 9.80 Å². The lowest BCUT2D eigenvalue weighted by molar-refractivity contribution is 0.0760. The summed E-state index contributed by atoms with van der Waals surface area (Å²) in [6, 6.07) is 13.1. The summed E-state index contributed by atoms with van der Waals surface area (Å²) in [4.78, 5) is 16.7. The topological polar surface area (TPSA) is 32.8 Å². The summed E-state index contributed by atoms with van der Waals surface area (Å²) in [6.45, 7) is 4.50. The van der Waals surface area contributed by atoms with E-state index < -0.39 is 0 Å². The third-order valence-corrected chi connectivity index (χ3v) is 4.71. The predicted molar refractivity (Wildman–Crippen MR) is 100 cm³/mol. The molecule has 26 heavy (non-hydrogen) atoms. The molecule has 138 valence electrons. The van der Waals surface area contributed by atoms with Crippen molar-refractivity contribution in [2.75, 3.05) is 39.3 Å². The van der Waals surface area contributed by atoms with Crippen LogP contribution in [0.1, 0.15) is 16.8 Å². The van der Waals surface area contributed by atoms with Crippen molar-refractivity contribution in [3.63, 3.8) is 0 Å². The highest BCUT2D eigenvalue weighted by molar-refractivity contribution is 6.30. The minimum atomic E-state index is -0.329. The van der Waals surface area contributed by atoms with Crippen LogP contribution >= 0.6 is 11.6 Å². The normalized spacial score (nSPS) is 15.5. The van der Waals surface area contributed by atoms with Crippen LogP contribution < -0.4 is 4.74 Å². The number of ether oxygens (including phenoxy) is 1. The van der Waals surface area contributed by atoms with E-state index in [1.54, 1.807) is 12.1 Å². The van der Waals surface area contributed by atoms with Crippen LogP contribution in [0.25, 0.3) is 0 Å². The van der Waals surface area contributed by atoms with Gasteiger partial charge >= 0.3 is 0 Å². The van der Waals surface area contributed by atoms with Gasteiger partial charge in [-0.3, -0.25) is 9.69 Å². The molecule has 1 heterocycles. The van der Waals surface area contributed by atoms with Gasteiger partial charge in [0.25, 0.3) is 5.91 Å². The molecule has 0 aromatic heterocycles. The van der Waals surface area contributed by atoms with Crippen molar-refractivity contribution in [1.29, 1.82) is 0 Å². The Hall–Kier alpha value is -2.11. The number of carbonyl (C=O) groups excluding carboxylic acids is 1. The highest BCUT2D eigenvalue weighted by Crippen LogP contribution is 2.15. The van der Waals surface area contributed by atoms with Gasteiger partial charge in [-0.1, -0.05) is 11.6 Å². The van der Waals surface area contributed by atoms with Crippen LogP contribution in [-0.4, -0.2) is 55.0 Å². The summed E-state index contributed by atoms with van der Waals surface area (Å²) in [5, 5.41) is 0.691. The number of hydrogen-bond acceptors (Lipinski definition) is 3.